The first-order valence-corrected chi connectivity index (χ1v) is 8.29. The van der Waals surface area contributed by atoms with Crippen LogP contribution < -0.4 is 0 Å². The highest BCUT2D eigenvalue weighted by Crippen LogP contribution is 2.48. The van der Waals surface area contributed by atoms with Gasteiger partial charge in [-0.2, -0.15) is 0 Å². The Labute approximate surface area is 147 Å². The molecule has 0 radical (unpaired) electrons. The Morgan fingerprint density at radius 3 is 2.27 bits per heavy atom. The lowest BCUT2D eigenvalue weighted by Gasteiger charge is -2.14. The summed E-state index contributed by atoms with van der Waals surface area (Å²) in [6.07, 6.45) is 0.731. The van der Waals surface area contributed by atoms with Gasteiger partial charge in [-0.05, 0) is 47.2 Å². The van der Waals surface area contributed by atoms with Gasteiger partial charge in [-0.15, -0.1) is 0 Å². The minimum absolute atomic E-state index is 0.165. The lowest BCUT2D eigenvalue weighted by molar-refractivity contribution is 0.0425. The summed E-state index contributed by atoms with van der Waals surface area (Å²) in [5.41, 5.74) is 3.67. The minimum Gasteiger partial charge on any atom is -0.386 e. The average molecular weight is 348 g/mol. The van der Waals surface area contributed by atoms with Crippen molar-refractivity contribution in [1.82, 2.24) is 0 Å². The van der Waals surface area contributed by atoms with Crippen molar-refractivity contribution in [1.29, 1.82) is 0 Å². The van der Waals surface area contributed by atoms with Crippen LogP contribution in [-0.4, -0.2) is 23.9 Å². The van der Waals surface area contributed by atoms with E-state index in [9.17, 15) is 19.2 Å². The summed E-state index contributed by atoms with van der Waals surface area (Å²) in [6, 6.07) is 8.50. The van der Waals surface area contributed by atoms with Crippen LogP contribution in [0.4, 0.5) is 0 Å². The third-order valence-corrected chi connectivity index (χ3v) is 5.43. The van der Waals surface area contributed by atoms with Gasteiger partial charge in [-0.25, -0.2) is 19.2 Å². The SMILES string of the molecule is CC1CC(c2ccc3c(c2)C(=O)OC3=O)c2c1ccc1c2C(=O)OC1=O. The third-order valence-electron chi connectivity index (χ3n) is 5.43. The van der Waals surface area contributed by atoms with Gasteiger partial charge in [0.05, 0.1) is 22.3 Å². The first-order chi connectivity index (χ1) is 12.5. The molecule has 2 aromatic carbocycles. The number of cyclic esters (lactones) is 4. The normalized spacial score (nSPS) is 22.8. The largest absolute Gasteiger partial charge is 0.386 e. The molecule has 0 N–H and O–H groups in total. The Bertz CT molecular complexity index is 1060. The van der Waals surface area contributed by atoms with E-state index in [1.807, 2.05) is 6.07 Å². The maximum atomic E-state index is 12.2. The fourth-order valence-electron chi connectivity index (χ4n) is 4.24. The molecule has 0 fully saturated rings. The average Bonchev–Trinajstić information content (AvgIpc) is 3.21. The van der Waals surface area contributed by atoms with E-state index in [4.69, 9.17) is 4.74 Å². The molecule has 2 heterocycles. The summed E-state index contributed by atoms with van der Waals surface area (Å²) in [5, 5.41) is 0. The second-order valence-electron chi connectivity index (χ2n) is 6.84. The van der Waals surface area contributed by atoms with Crippen molar-refractivity contribution in [2.45, 2.75) is 25.2 Å². The molecule has 2 atom stereocenters. The number of benzene rings is 2. The van der Waals surface area contributed by atoms with Crippen molar-refractivity contribution in [2.24, 2.45) is 0 Å². The molecule has 0 spiro atoms. The van der Waals surface area contributed by atoms with Crippen LogP contribution in [0.2, 0.25) is 0 Å². The lowest BCUT2D eigenvalue weighted by atomic mass is 9.87. The third kappa shape index (κ3) is 1.81. The van der Waals surface area contributed by atoms with Crippen molar-refractivity contribution in [3.8, 4) is 0 Å². The summed E-state index contributed by atoms with van der Waals surface area (Å²) < 4.78 is 9.43. The van der Waals surface area contributed by atoms with E-state index in [1.165, 1.54) is 0 Å². The number of hydrogen-bond acceptors (Lipinski definition) is 6. The number of hydrogen-bond donors (Lipinski definition) is 0. The van der Waals surface area contributed by atoms with Crippen molar-refractivity contribution >= 4 is 23.9 Å². The van der Waals surface area contributed by atoms with Gasteiger partial charge in [0, 0.05) is 5.92 Å². The molecule has 5 rings (SSSR count). The zero-order chi connectivity index (χ0) is 18.2. The van der Waals surface area contributed by atoms with Crippen LogP contribution in [0, 0.1) is 0 Å². The standard InChI is InChI=1S/C20H12O6/c1-8-6-13(9-2-3-11-14(7-9)19(23)25-17(11)21)15-10(8)4-5-12-16(15)20(24)26-18(12)22/h2-5,7-8,13H,6H2,1H3. The van der Waals surface area contributed by atoms with E-state index in [2.05, 4.69) is 11.7 Å². The summed E-state index contributed by atoms with van der Waals surface area (Å²) in [6.45, 7) is 2.05. The maximum absolute atomic E-state index is 12.2. The predicted octanol–water partition coefficient (Wildman–Crippen LogP) is 2.95. The lowest BCUT2D eigenvalue weighted by Crippen LogP contribution is -2.06. The molecular weight excluding hydrogens is 336 g/mol. The van der Waals surface area contributed by atoms with Crippen LogP contribution in [0.5, 0.6) is 0 Å². The molecule has 2 aromatic rings. The molecule has 128 valence electrons. The van der Waals surface area contributed by atoms with Crippen molar-refractivity contribution < 1.29 is 28.7 Å². The zero-order valence-electron chi connectivity index (χ0n) is 13.7. The highest BCUT2D eigenvalue weighted by molar-refractivity contribution is 6.16. The summed E-state index contributed by atoms with van der Waals surface area (Å²) in [7, 11) is 0. The quantitative estimate of drug-likeness (QED) is 0.582. The second-order valence-corrected chi connectivity index (χ2v) is 6.84. The van der Waals surface area contributed by atoms with E-state index in [-0.39, 0.29) is 28.5 Å². The molecule has 0 saturated carbocycles. The van der Waals surface area contributed by atoms with Gasteiger partial charge in [0.15, 0.2) is 0 Å². The molecule has 0 saturated heterocycles. The number of fused-ring (bicyclic) bond motifs is 4. The molecule has 6 nitrogen and oxygen atoms in total. The number of carbonyl (C=O) groups excluding carboxylic acids is 4. The molecule has 26 heavy (non-hydrogen) atoms. The van der Waals surface area contributed by atoms with Gasteiger partial charge in [0.25, 0.3) is 0 Å². The first kappa shape index (κ1) is 15.0. The smallest absolute Gasteiger partial charge is 0.347 e. The number of rotatable bonds is 1. The number of carbonyl (C=O) groups is 4. The minimum atomic E-state index is -0.661. The molecular formula is C20H12O6. The van der Waals surface area contributed by atoms with Crippen LogP contribution in [0.25, 0.3) is 0 Å². The van der Waals surface area contributed by atoms with Crippen LogP contribution in [0.1, 0.15) is 83.3 Å². The maximum Gasteiger partial charge on any atom is 0.347 e. The van der Waals surface area contributed by atoms with Gasteiger partial charge >= 0.3 is 23.9 Å². The van der Waals surface area contributed by atoms with E-state index >= 15 is 0 Å². The Hall–Kier alpha value is -3.28. The number of ether oxygens (including phenoxy) is 2. The van der Waals surface area contributed by atoms with Gasteiger partial charge in [0.2, 0.25) is 0 Å². The molecule has 2 aliphatic heterocycles. The first-order valence-electron chi connectivity index (χ1n) is 8.29. The topological polar surface area (TPSA) is 86.7 Å². The highest BCUT2D eigenvalue weighted by Gasteiger charge is 2.41. The van der Waals surface area contributed by atoms with E-state index in [0.29, 0.717) is 5.56 Å². The molecule has 1 aliphatic carbocycles. The van der Waals surface area contributed by atoms with Gasteiger partial charge in [-0.1, -0.05) is 19.1 Å². The van der Waals surface area contributed by atoms with Crippen LogP contribution >= 0.6 is 0 Å². The molecule has 0 aromatic heterocycles. The second kappa shape index (κ2) is 4.88. The van der Waals surface area contributed by atoms with Crippen molar-refractivity contribution in [3.05, 3.63) is 69.3 Å². The van der Waals surface area contributed by atoms with Crippen molar-refractivity contribution in [3.63, 3.8) is 0 Å². The van der Waals surface area contributed by atoms with Crippen LogP contribution in [0.3, 0.4) is 0 Å². The Balaban J connectivity index is 1.70. The predicted molar refractivity (Wildman–Crippen MR) is 87.3 cm³/mol. The number of esters is 4. The Morgan fingerprint density at radius 2 is 1.46 bits per heavy atom. The molecule has 0 amide bonds. The van der Waals surface area contributed by atoms with Gasteiger partial charge in [0.1, 0.15) is 0 Å². The monoisotopic (exact) mass is 348 g/mol. The molecule has 2 unspecified atom stereocenters. The zero-order valence-corrected chi connectivity index (χ0v) is 13.7. The van der Waals surface area contributed by atoms with E-state index < -0.39 is 23.9 Å². The fourth-order valence-corrected chi connectivity index (χ4v) is 4.24. The summed E-state index contributed by atoms with van der Waals surface area (Å²) in [4.78, 5) is 47.7. The fraction of sp³-hybridized carbons (Fsp3) is 0.200. The summed E-state index contributed by atoms with van der Waals surface area (Å²) >= 11 is 0. The Morgan fingerprint density at radius 1 is 0.808 bits per heavy atom. The summed E-state index contributed by atoms with van der Waals surface area (Å²) in [5.74, 6) is -2.54. The van der Waals surface area contributed by atoms with Gasteiger partial charge in [-0.3, -0.25) is 0 Å². The van der Waals surface area contributed by atoms with Gasteiger partial charge < -0.3 is 9.47 Å². The van der Waals surface area contributed by atoms with E-state index in [0.717, 1.165) is 23.1 Å². The van der Waals surface area contributed by atoms with Crippen LogP contribution in [-0.2, 0) is 9.47 Å². The molecule has 0 bridgehead atoms. The molecule has 3 aliphatic rings. The van der Waals surface area contributed by atoms with E-state index in [1.54, 1.807) is 24.3 Å². The Kier molecular flexibility index (Phi) is 2.82. The molecule has 6 heteroatoms. The highest BCUT2D eigenvalue weighted by atomic mass is 16.6. The van der Waals surface area contributed by atoms with Crippen LogP contribution in [0.15, 0.2) is 30.3 Å². The van der Waals surface area contributed by atoms with Crippen molar-refractivity contribution in [2.75, 3.05) is 0 Å².